The average molecular weight is 538 g/mol. The Balaban J connectivity index is 1.10. The van der Waals surface area contributed by atoms with Gasteiger partial charge in [-0.3, -0.25) is 29.4 Å². The van der Waals surface area contributed by atoms with E-state index in [0.29, 0.717) is 18.9 Å². The van der Waals surface area contributed by atoms with Gasteiger partial charge in [0.2, 0.25) is 11.8 Å². The predicted molar refractivity (Wildman–Crippen MR) is 147 cm³/mol. The van der Waals surface area contributed by atoms with Crippen LogP contribution in [0, 0.1) is 6.92 Å². The number of anilines is 1. The van der Waals surface area contributed by atoms with Crippen molar-refractivity contribution in [2.45, 2.75) is 25.8 Å². The maximum atomic E-state index is 13.0. The zero-order valence-corrected chi connectivity index (χ0v) is 22.1. The van der Waals surface area contributed by atoms with E-state index in [-0.39, 0.29) is 24.0 Å². The number of piperidine rings is 1. The van der Waals surface area contributed by atoms with Gasteiger partial charge in [0.15, 0.2) is 0 Å². The Labute approximate surface area is 230 Å². The van der Waals surface area contributed by atoms with Crippen LogP contribution < -0.4 is 15.0 Å². The number of aromatic nitrogens is 2. The molecule has 6 rings (SSSR count). The molecule has 2 aromatic carbocycles. The molecule has 4 amide bonds. The fraction of sp³-hybridized carbons (Fsp3) is 0.233. The van der Waals surface area contributed by atoms with Crippen LogP contribution in [-0.2, 0) is 9.59 Å². The summed E-state index contributed by atoms with van der Waals surface area (Å²) in [5.74, 6) is -1.69. The van der Waals surface area contributed by atoms with Crippen LogP contribution in [0.2, 0.25) is 0 Å². The highest BCUT2D eigenvalue weighted by molar-refractivity contribution is 6.23. The zero-order chi connectivity index (χ0) is 28.0. The molecule has 1 saturated heterocycles. The molecule has 0 aliphatic carbocycles. The van der Waals surface area contributed by atoms with Crippen LogP contribution in [0.1, 0.15) is 39.1 Å². The van der Waals surface area contributed by atoms with Crippen molar-refractivity contribution in [3.63, 3.8) is 0 Å². The third kappa shape index (κ3) is 4.57. The number of imide groups is 2. The highest BCUT2D eigenvalue weighted by Crippen LogP contribution is 2.30. The second kappa shape index (κ2) is 9.96. The van der Waals surface area contributed by atoms with E-state index in [1.54, 1.807) is 12.1 Å². The first-order valence-electron chi connectivity index (χ1n) is 13.0. The van der Waals surface area contributed by atoms with E-state index in [1.165, 1.54) is 11.6 Å². The Morgan fingerprint density at radius 3 is 2.55 bits per heavy atom. The van der Waals surface area contributed by atoms with Crippen molar-refractivity contribution in [2.75, 3.05) is 25.1 Å². The Morgan fingerprint density at radius 1 is 1.00 bits per heavy atom. The molecule has 2 aliphatic rings. The molecular formula is C30H27N5O5. The van der Waals surface area contributed by atoms with Crippen LogP contribution in [0.15, 0.2) is 67.0 Å². The summed E-state index contributed by atoms with van der Waals surface area (Å²) in [6.07, 6.45) is 4.18. The van der Waals surface area contributed by atoms with E-state index >= 15 is 0 Å². The molecule has 1 N–H and O–H groups in total. The van der Waals surface area contributed by atoms with Gasteiger partial charge in [0.1, 0.15) is 24.0 Å². The lowest BCUT2D eigenvalue weighted by molar-refractivity contribution is -0.136. The molecule has 10 heteroatoms. The first-order chi connectivity index (χ1) is 19.3. The molecule has 0 radical (unpaired) electrons. The minimum Gasteiger partial charge on any atom is -0.492 e. The number of carbonyl (C=O) groups excluding carboxylic acids is 4. The summed E-state index contributed by atoms with van der Waals surface area (Å²) in [7, 11) is 1.96. The summed E-state index contributed by atoms with van der Waals surface area (Å²) < 4.78 is 7.90. The summed E-state index contributed by atoms with van der Waals surface area (Å²) in [4.78, 5) is 57.4. The summed E-state index contributed by atoms with van der Waals surface area (Å²) in [6.45, 7) is 2.96. The maximum Gasteiger partial charge on any atom is 0.262 e. The minimum atomic E-state index is -0.997. The SMILES string of the molecule is Cc1ccc(-c2cn3ccc(N(C)CCOc4ccc5c(c4)C(=O)N(C4CCC(=O)NC4=O)C5=O)cc3n2)cc1. The Hall–Kier alpha value is -4.99. The summed E-state index contributed by atoms with van der Waals surface area (Å²) in [5, 5.41) is 2.20. The van der Waals surface area contributed by atoms with Gasteiger partial charge in [0.05, 0.1) is 23.4 Å². The van der Waals surface area contributed by atoms with Gasteiger partial charge in [-0.1, -0.05) is 29.8 Å². The number of ether oxygens (including phenoxy) is 1. The Bertz CT molecular complexity index is 1680. The lowest BCUT2D eigenvalue weighted by Gasteiger charge is -2.27. The van der Waals surface area contributed by atoms with Crippen LogP contribution in [0.25, 0.3) is 16.9 Å². The van der Waals surface area contributed by atoms with Gasteiger partial charge >= 0.3 is 0 Å². The van der Waals surface area contributed by atoms with Crippen molar-refractivity contribution >= 4 is 35.0 Å². The highest BCUT2D eigenvalue weighted by atomic mass is 16.5. The molecule has 4 heterocycles. The molecule has 0 spiro atoms. The van der Waals surface area contributed by atoms with E-state index in [2.05, 4.69) is 36.5 Å². The predicted octanol–water partition coefficient (Wildman–Crippen LogP) is 3.23. The van der Waals surface area contributed by atoms with Crippen molar-refractivity contribution in [2.24, 2.45) is 0 Å². The number of nitrogens with one attached hydrogen (secondary N) is 1. The number of benzene rings is 2. The van der Waals surface area contributed by atoms with Gasteiger partial charge in [-0.2, -0.15) is 0 Å². The molecule has 2 aliphatic heterocycles. The largest absolute Gasteiger partial charge is 0.492 e. The normalized spacial score (nSPS) is 16.9. The second-order valence-electron chi connectivity index (χ2n) is 10.1. The number of imidazole rings is 1. The van der Waals surface area contributed by atoms with E-state index < -0.39 is 29.7 Å². The van der Waals surface area contributed by atoms with Gasteiger partial charge in [0.25, 0.3) is 11.8 Å². The third-order valence-electron chi connectivity index (χ3n) is 7.34. The number of hydrogen-bond donors (Lipinski definition) is 1. The molecule has 40 heavy (non-hydrogen) atoms. The lowest BCUT2D eigenvalue weighted by atomic mass is 10.0. The molecule has 1 fully saturated rings. The van der Waals surface area contributed by atoms with Crippen molar-refractivity contribution in [1.29, 1.82) is 0 Å². The maximum absolute atomic E-state index is 13.0. The minimum absolute atomic E-state index is 0.0765. The smallest absolute Gasteiger partial charge is 0.262 e. The lowest BCUT2D eigenvalue weighted by Crippen LogP contribution is -2.54. The summed E-state index contributed by atoms with van der Waals surface area (Å²) in [6, 6.07) is 16.0. The number of fused-ring (bicyclic) bond motifs is 2. The van der Waals surface area contributed by atoms with Gasteiger partial charge in [0, 0.05) is 43.2 Å². The molecule has 1 atom stereocenters. The molecule has 4 aromatic rings. The van der Waals surface area contributed by atoms with E-state index in [0.717, 1.165) is 27.5 Å². The quantitative estimate of drug-likeness (QED) is 0.360. The van der Waals surface area contributed by atoms with E-state index in [4.69, 9.17) is 9.72 Å². The first kappa shape index (κ1) is 25.3. The summed E-state index contributed by atoms with van der Waals surface area (Å²) in [5.41, 5.74) is 5.39. The van der Waals surface area contributed by atoms with Crippen molar-refractivity contribution < 1.29 is 23.9 Å². The zero-order valence-electron chi connectivity index (χ0n) is 22.1. The number of nitrogens with zero attached hydrogens (tertiary/aromatic N) is 4. The molecular weight excluding hydrogens is 510 g/mol. The first-order valence-corrected chi connectivity index (χ1v) is 13.0. The molecule has 202 valence electrons. The van der Waals surface area contributed by atoms with E-state index in [1.807, 2.05) is 40.9 Å². The van der Waals surface area contributed by atoms with Crippen LogP contribution in [0.4, 0.5) is 5.69 Å². The van der Waals surface area contributed by atoms with Crippen LogP contribution in [0.5, 0.6) is 5.75 Å². The van der Waals surface area contributed by atoms with Crippen molar-refractivity contribution in [1.82, 2.24) is 19.6 Å². The molecule has 0 saturated carbocycles. The Morgan fingerprint density at radius 2 is 1.77 bits per heavy atom. The van der Waals surface area contributed by atoms with Crippen LogP contribution in [-0.4, -0.2) is 64.2 Å². The number of likely N-dealkylation sites (N-methyl/N-ethyl adjacent to an activating group) is 1. The molecule has 1 unspecified atom stereocenters. The monoisotopic (exact) mass is 537 g/mol. The number of aryl methyl sites for hydroxylation is 1. The molecule has 0 bridgehead atoms. The van der Waals surface area contributed by atoms with Crippen LogP contribution >= 0.6 is 0 Å². The standard InChI is InChI=1S/C30H27N5O5/c1-18-3-5-19(6-4-18)24-17-34-12-11-20(15-26(34)31-24)33(2)13-14-40-21-7-8-22-23(16-21)30(39)35(29(22)38)25-9-10-27(36)32-28(25)37/h3-8,11-12,15-17,25H,9-10,13-14H2,1-2H3,(H,32,36,37). The topological polar surface area (TPSA) is 113 Å². The summed E-state index contributed by atoms with van der Waals surface area (Å²) >= 11 is 0. The number of carbonyl (C=O) groups is 4. The fourth-order valence-electron chi connectivity index (χ4n) is 5.04. The van der Waals surface area contributed by atoms with Crippen LogP contribution in [0.3, 0.4) is 0 Å². The van der Waals surface area contributed by atoms with Gasteiger partial charge in [-0.15, -0.1) is 0 Å². The number of amides is 4. The second-order valence-corrected chi connectivity index (χ2v) is 10.1. The highest BCUT2D eigenvalue weighted by Gasteiger charge is 2.44. The number of hydrogen-bond acceptors (Lipinski definition) is 7. The van der Waals surface area contributed by atoms with Gasteiger partial charge in [-0.25, -0.2) is 4.98 Å². The third-order valence-corrected chi connectivity index (χ3v) is 7.34. The molecule has 2 aromatic heterocycles. The number of pyridine rings is 1. The van der Waals surface area contributed by atoms with Crippen molar-refractivity contribution in [3.8, 4) is 17.0 Å². The average Bonchev–Trinajstić information content (AvgIpc) is 3.47. The van der Waals surface area contributed by atoms with Gasteiger partial charge in [-0.05, 0) is 37.6 Å². The Kier molecular flexibility index (Phi) is 6.30. The van der Waals surface area contributed by atoms with E-state index in [9.17, 15) is 19.2 Å². The fourth-order valence-corrected chi connectivity index (χ4v) is 5.04. The van der Waals surface area contributed by atoms with Gasteiger partial charge < -0.3 is 14.0 Å². The molecule has 10 nitrogen and oxygen atoms in total. The van der Waals surface area contributed by atoms with Crippen molar-refractivity contribution in [3.05, 3.63) is 83.7 Å². The number of rotatable bonds is 7.